The lowest BCUT2D eigenvalue weighted by Gasteiger charge is -2.18. The molecule has 0 aliphatic carbocycles. The number of hydrogen-bond acceptors (Lipinski definition) is 5. The van der Waals surface area contributed by atoms with Gasteiger partial charge in [0, 0.05) is 6.20 Å². The number of rotatable bonds is 9. The minimum atomic E-state index is -0.572. The second kappa shape index (κ2) is 9.62. The van der Waals surface area contributed by atoms with Crippen molar-refractivity contribution in [2.24, 2.45) is 11.0 Å². The van der Waals surface area contributed by atoms with Gasteiger partial charge < -0.3 is 5.21 Å². The summed E-state index contributed by atoms with van der Waals surface area (Å²) in [6, 6.07) is 3.30. The standard InChI is InChI=1S/C15H24N4O4/c1-3-4-5-6-13(10-18(22)11-20)15(21)17-16-14-9-12(2)7-8-19(14)23/h7-9,11,13,22-23H,3-6,10H2,1-2H3,(H,17,21)/t13-/m1/s1. The fourth-order valence-electron chi connectivity index (χ4n) is 2.08. The van der Waals surface area contributed by atoms with Crippen LogP contribution in [0.1, 0.15) is 38.2 Å². The monoisotopic (exact) mass is 324 g/mol. The maximum Gasteiger partial charge on any atom is 0.245 e. The molecule has 128 valence electrons. The van der Waals surface area contributed by atoms with Gasteiger partial charge >= 0.3 is 0 Å². The van der Waals surface area contributed by atoms with Crippen LogP contribution >= 0.6 is 0 Å². The van der Waals surface area contributed by atoms with E-state index in [1.807, 2.05) is 13.8 Å². The van der Waals surface area contributed by atoms with Gasteiger partial charge in [-0.1, -0.05) is 26.2 Å². The zero-order chi connectivity index (χ0) is 17.2. The van der Waals surface area contributed by atoms with Crippen LogP contribution < -0.4 is 10.9 Å². The van der Waals surface area contributed by atoms with E-state index in [1.54, 1.807) is 12.1 Å². The summed E-state index contributed by atoms with van der Waals surface area (Å²) in [4.78, 5) is 22.7. The third-order valence-electron chi connectivity index (χ3n) is 3.41. The molecule has 0 spiro atoms. The topological polar surface area (TPSA) is 107 Å². The van der Waals surface area contributed by atoms with Crippen LogP contribution in [0.5, 0.6) is 0 Å². The summed E-state index contributed by atoms with van der Waals surface area (Å²) in [5.41, 5.74) is 3.44. The van der Waals surface area contributed by atoms with Crippen molar-refractivity contribution in [1.29, 1.82) is 0 Å². The van der Waals surface area contributed by atoms with E-state index in [-0.39, 0.29) is 18.4 Å². The van der Waals surface area contributed by atoms with Gasteiger partial charge in [0.25, 0.3) is 0 Å². The number of nitrogens with zero attached hydrogens (tertiary/aromatic N) is 3. The maximum absolute atomic E-state index is 12.2. The third kappa shape index (κ3) is 6.52. The number of pyridine rings is 1. The quantitative estimate of drug-likeness (QED) is 0.207. The van der Waals surface area contributed by atoms with Crippen LogP contribution in [0.2, 0.25) is 0 Å². The molecule has 0 unspecified atom stereocenters. The van der Waals surface area contributed by atoms with Crippen LogP contribution in [0, 0.1) is 12.8 Å². The molecule has 0 saturated heterocycles. The van der Waals surface area contributed by atoms with E-state index in [4.69, 9.17) is 0 Å². The molecule has 0 saturated carbocycles. The number of hydroxylamine groups is 2. The van der Waals surface area contributed by atoms with E-state index in [2.05, 4.69) is 10.5 Å². The molecule has 0 aliphatic heterocycles. The molecule has 8 nitrogen and oxygen atoms in total. The van der Waals surface area contributed by atoms with Crippen molar-refractivity contribution in [3.63, 3.8) is 0 Å². The lowest BCUT2D eigenvalue weighted by Crippen LogP contribution is -2.37. The Morgan fingerprint density at radius 3 is 2.91 bits per heavy atom. The smallest absolute Gasteiger partial charge is 0.245 e. The Hall–Kier alpha value is -2.35. The number of carbonyl (C=O) groups excluding carboxylic acids is 2. The number of carbonyl (C=O) groups is 2. The minimum Gasteiger partial charge on any atom is -0.427 e. The van der Waals surface area contributed by atoms with Gasteiger partial charge in [0.1, 0.15) is 0 Å². The van der Waals surface area contributed by atoms with Gasteiger partial charge in [-0.3, -0.25) is 14.8 Å². The van der Waals surface area contributed by atoms with E-state index in [1.165, 1.54) is 6.20 Å². The summed E-state index contributed by atoms with van der Waals surface area (Å²) in [7, 11) is 0. The predicted molar refractivity (Wildman–Crippen MR) is 82.2 cm³/mol. The molecule has 1 heterocycles. The molecular formula is C15H24N4O4. The van der Waals surface area contributed by atoms with Crippen molar-refractivity contribution in [2.45, 2.75) is 39.5 Å². The van der Waals surface area contributed by atoms with Crippen LogP contribution in [0.15, 0.2) is 23.4 Å². The number of hydrogen-bond donors (Lipinski definition) is 3. The van der Waals surface area contributed by atoms with Crippen molar-refractivity contribution in [1.82, 2.24) is 15.2 Å². The normalized spacial score (nSPS) is 12.7. The first-order valence-corrected chi connectivity index (χ1v) is 7.60. The van der Waals surface area contributed by atoms with Crippen molar-refractivity contribution in [3.8, 4) is 0 Å². The summed E-state index contributed by atoms with van der Waals surface area (Å²) < 4.78 is 0.795. The van der Waals surface area contributed by atoms with E-state index in [0.29, 0.717) is 11.5 Å². The summed E-state index contributed by atoms with van der Waals surface area (Å²) in [6.45, 7) is 3.79. The lowest BCUT2D eigenvalue weighted by atomic mass is 10.0. The first kappa shape index (κ1) is 18.7. The fraction of sp³-hybridized carbons (Fsp3) is 0.533. The van der Waals surface area contributed by atoms with Crippen LogP contribution in [0.4, 0.5) is 0 Å². The first-order valence-electron chi connectivity index (χ1n) is 7.60. The number of unbranched alkanes of at least 4 members (excludes halogenated alkanes) is 2. The van der Waals surface area contributed by atoms with E-state index in [9.17, 15) is 20.0 Å². The Morgan fingerprint density at radius 1 is 1.52 bits per heavy atom. The molecule has 0 bridgehead atoms. The maximum atomic E-state index is 12.2. The molecule has 0 aliphatic rings. The molecule has 1 aromatic heterocycles. The molecular weight excluding hydrogens is 300 g/mol. The summed E-state index contributed by atoms with van der Waals surface area (Å²) in [5.74, 6) is -0.985. The number of nitrogens with one attached hydrogen (secondary N) is 1. The Balaban J connectivity index is 2.78. The van der Waals surface area contributed by atoms with Crippen LogP contribution in [-0.2, 0) is 9.59 Å². The van der Waals surface area contributed by atoms with Gasteiger partial charge in [-0.25, -0.2) is 10.5 Å². The Morgan fingerprint density at radius 2 is 2.26 bits per heavy atom. The van der Waals surface area contributed by atoms with Crippen LogP contribution in [0.25, 0.3) is 0 Å². The van der Waals surface area contributed by atoms with Gasteiger partial charge in [0.05, 0.1) is 12.5 Å². The molecule has 0 aromatic carbocycles. The van der Waals surface area contributed by atoms with Gasteiger partial charge in [0.15, 0.2) is 5.49 Å². The molecule has 8 heteroatoms. The van der Waals surface area contributed by atoms with Gasteiger partial charge in [-0.2, -0.15) is 9.83 Å². The zero-order valence-electron chi connectivity index (χ0n) is 13.5. The van der Waals surface area contributed by atoms with E-state index in [0.717, 1.165) is 29.6 Å². The molecule has 2 amide bonds. The zero-order valence-corrected chi connectivity index (χ0v) is 13.5. The summed E-state index contributed by atoms with van der Waals surface area (Å²) >= 11 is 0. The highest BCUT2D eigenvalue weighted by Gasteiger charge is 2.20. The average molecular weight is 324 g/mol. The van der Waals surface area contributed by atoms with Crippen molar-refractivity contribution in [3.05, 3.63) is 29.4 Å². The molecule has 3 N–H and O–H groups in total. The van der Waals surface area contributed by atoms with Crippen molar-refractivity contribution >= 4 is 12.3 Å². The second-order valence-corrected chi connectivity index (χ2v) is 5.41. The Bertz CT molecular complexity index is 585. The van der Waals surface area contributed by atoms with Crippen LogP contribution in [0.3, 0.4) is 0 Å². The number of aromatic nitrogens is 1. The fourth-order valence-corrected chi connectivity index (χ4v) is 2.08. The number of amides is 2. The molecule has 23 heavy (non-hydrogen) atoms. The summed E-state index contributed by atoms with van der Waals surface area (Å²) in [6.07, 6.45) is 4.99. The summed E-state index contributed by atoms with van der Waals surface area (Å²) in [5, 5.41) is 23.3. The highest BCUT2D eigenvalue weighted by atomic mass is 16.5. The Kier molecular flexibility index (Phi) is 7.82. The van der Waals surface area contributed by atoms with Crippen LogP contribution in [-0.4, -0.2) is 39.1 Å². The van der Waals surface area contributed by atoms with E-state index >= 15 is 0 Å². The Labute approximate surface area is 135 Å². The van der Waals surface area contributed by atoms with E-state index < -0.39 is 11.8 Å². The highest BCUT2D eigenvalue weighted by Crippen LogP contribution is 2.11. The van der Waals surface area contributed by atoms with Gasteiger partial charge in [-0.15, -0.1) is 0 Å². The lowest BCUT2D eigenvalue weighted by molar-refractivity contribution is -0.154. The number of aryl methyl sites for hydroxylation is 1. The SMILES string of the molecule is CCCCC[C@H](CN(O)C=O)C(=O)NN=c1cc(C)ccn1O. The molecule has 1 aromatic rings. The van der Waals surface area contributed by atoms with Crippen molar-refractivity contribution < 1.29 is 20.0 Å². The van der Waals surface area contributed by atoms with Gasteiger partial charge in [-0.05, 0) is 31.0 Å². The highest BCUT2D eigenvalue weighted by molar-refractivity contribution is 5.78. The largest absolute Gasteiger partial charge is 0.427 e. The second-order valence-electron chi connectivity index (χ2n) is 5.41. The third-order valence-corrected chi connectivity index (χ3v) is 3.41. The molecule has 0 radical (unpaired) electrons. The molecule has 1 rings (SSSR count). The van der Waals surface area contributed by atoms with Crippen molar-refractivity contribution in [2.75, 3.05) is 6.54 Å². The molecule has 0 fully saturated rings. The average Bonchev–Trinajstić information content (AvgIpc) is 2.54. The molecule has 1 atom stereocenters. The predicted octanol–water partition coefficient (Wildman–Crippen LogP) is 1.01. The van der Waals surface area contributed by atoms with Gasteiger partial charge in [0.2, 0.25) is 12.3 Å². The minimum absolute atomic E-state index is 0.0957. The first-order chi connectivity index (χ1) is 11.0.